The lowest BCUT2D eigenvalue weighted by molar-refractivity contribution is -0.115. The van der Waals surface area contributed by atoms with Crippen LogP contribution in [-0.2, 0) is 4.79 Å². The zero-order valence-electron chi connectivity index (χ0n) is 16.6. The number of anilines is 1. The van der Waals surface area contributed by atoms with Gasteiger partial charge >= 0.3 is 0 Å². The van der Waals surface area contributed by atoms with Crippen LogP contribution in [0.4, 0.5) is 5.13 Å². The standard InChI is InChI=1S/C22H18N6OS2/c1-13-6-8-14(9-7-13)17-12-31-21(24-17)25-18(29)10-11-30-22-26-20-19(27-28-22)15-4-2-3-5-16(15)23-20/h2-9,12H,10-11H2,1H3,(H,23,26,28)(H,24,25,29). The minimum atomic E-state index is -0.0862. The smallest absolute Gasteiger partial charge is 0.226 e. The molecule has 154 valence electrons. The van der Waals surface area contributed by atoms with E-state index < -0.39 is 0 Å². The van der Waals surface area contributed by atoms with Gasteiger partial charge in [-0.2, -0.15) is 0 Å². The lowest BCUT2D eigenvalue weighted by Crippen LogP contribution is -2.12. The fourth-order valence-corrected chi connectivity index (χ4v) is 4.63. The normalized spacial score (nSPS) is 11.3. The second kappa shape index (κ2) is 8.44. The van der Waals surface area contributed by atoms with Crippen molar-refractivity contribution in [2.24, 2.45) is 0 Å². The average molecular weight is 447 g/mol. The summed E-state index contributed by atoms with van der Waals surface area (Å²) < 4.78 is 0. The molecule has 31 heavy (non-hydrogen) atoms. The zero-order chi connectivity index (χ0) is 21.2. The van der Waals surface area contributed by atoms with E-state index >= 15 is 0 Å². The van der Waals surface area contributed by atoms with Gasteiger partial charge in [0, 0.05) is 34.0 Å². The number of H-pyrrole nitrogens is 1. The summed E-state index contributed by atoms with van der Waals surface area (Å²) in [7, 11) is 0. The Morgan fingerprint density at radius 2 is 1.94 bits per heavy atom. The summed E-state index contributed by atoms with van der Waals surface area (Å²) in [4.78, 5) is 24.6. The molecular formula is C22H18N6OS2. The Labute approximate surface area is 186 Å². The quantitative estimate of drug-likeness (QED) is 0.354. The summed E-state index contributed by atoms with van der Waals surface area (Å²) in [6, 6.07) is 16.1. The van der Waals surface area contributed by atoms with E-state index in [0.29, 0.717) is 28.1 Å². The molecule has 0 spiro atoms. The van der Waals surface area contributed by atoms with Crippen LogP contribution >= 0.6 is 23.1 Å². The maximum Gasteiger partial charge on any atom is 0.226 e. The van der Waals surface area contributed by atoms with Crippen molar-refractivity contribution in [1.29, 1.82) is 0 Å². The molecule has 3 aromatic heterocycles. The maximum absolute atomic E-state index is 12.3. The number of aryl methyl sites for hydroxylation is 1. The molecule has 2 N–H and O–H groups in total. The third-order valence-corrected chi connectivity index (χ3v) is 6.36. The molecule has 3 heterocycles. The predicted octanol–water partition coefficient (Wildman–Crippen LogP) is 5.06. The monoisotopic (exact) mass is 446 g/mol. The first-order valence-electron chi connectivity index (χ1n) is 9.72. The maximum atomic E-state index is 12.3. The molecule has 7 nitrogen and oxygen atoms in total. The van der Waals surface area contributed by atoms with Crippen LogP contribution in [0.3, 0.4) is 0 Å². The van der Waals surface area contributed by atoms with Crippen LogP contribution in [0.2, 0.25) is 0 Å². The van der Waals surface area contributed by atoms with Crippen molar-refractivity contribution in [3.8, 4) is 11.3 Å². The summed E-state index contributed by atoms with van der Waals surface area (Å²) >= 11 is 2.83. The van der Waals surface area contributed by atoms with Crippen LogP contribution in [0, 0.1) is 6.92 Å². The number of thioether (sulfide) groups is 1. The lowest BCUT2D eigenvalue weighted by atomic mass is 10.1. The summed E-state index contributed by atoms with van der Waals surface area (Å²) in [5.41, 5.74) is 5.54. The van der Waals surface area contributed by atoms with Crippen molar-refractivity contribution in [2.75, 3.05) is 11.1 Å². The van der Waals surface area contributed by atoms with Crippen molar-refractivity contribution in [3.63, 3.8) is 0 Å². The van der Waals surface area contributed by atoms with Crippen molar-refractivity contribution < 1.29 is 4.79 Å². The van der Waals surface area contributed by atoms with Crippen molar-refractivity contribution in [1.82, 2.24) is 25.1 Å². The highest BCUT2D eigenvalue weighted by molar-refractivity contribution is 7.99. The van der Waals surface area contributed by atoms with Gasteiger partial charge in [-0.25, -0.2) is 9.97 Å². The Morgan fingerprint density at radius 3 is 2.81 bits per heavy atom. The van der Waals surface area contributed by atoms with Gasteiger partial charge < -0.3 is 10.3 Å². The number of para-hydroxylation sites is 1. The van der Waals surface area contributed by atoms with Gasteiger partial charge in [0.15, 0.2) is 10.8 Å². The van der Waals surface area contributed by atoms with Gasteiger partial charge in [0.05, 0.1) is 5.69 Å². The molecule has 0 aliphatic heterocycles. The fraction of sp³-hybridized carbons (Fsp3) is 0.136. The molecule has 9 heteroatoms. The molecule has 0 bridgehead atoms. The summed E-state index contributed by atoms with van der Waals surface area (Å²) in [5, 5.41) is 15.5. The highest BCUT2D eigenvalue weighted by Crippen LogP contribution is 2.26. The molecule has 0 unspecified atom stereocenters. The van der Waals surface area contributed by atoms with Crippen LogP contribution in [0.25, 0.3) is 33.3 Å². The third-order valence-electron chi connectivity index (χ3n) is 4.76. The van der Waals surface area contributed by atoms with E-state index in [2.05, 4.69) is 30.5 Å². The van der Waals surface area contributed by atoms with Crippen LogP contribution in [0.1, 0.15) is 12.0 Å². The Morgan fingerprint density at radius 1 is 1.10 bits per heavy atom. The highest BCUT2D eigenvalue weighted by Gasteiger charge is 2.11. The first kappa shape index (κ1) is 19.7. The van der Waals surface area contributed by atoms with Gasteiger partial charge in [-0.15, -0.1) is 21.5 Å². The first-order valence-corrected chi connectivity index (χ1v) is 11.6. The van der Waals surface area contributed by atoms with E-state index in [1.807, 2.05) is 60.8 Å². The fourth-order valence-electron chi connectivity index (χ4n) is 3.17. The number of benzene rings is 2. The number of hydrogen-bond acceptors (Lipinski definition) is 7. The molecule has 5 aromatic rings. The minimum Gasteiger partial charge on any atom is -0.338 e. The summed E-state index contributed by atoms with van der Waals surface area (Å²) in [6.07, 6.45) is 0.332. The molecule has 0 saturated carbocycles. The van der Waals surface area contributed by atoms with Crippen molar-refractivity contribution in [2.45, 2.75) is 18.5 Å². The van der Waals surface area contributed by atoms with Gasteiger partial charge in [0.25, 0.3) is 0 Å². The first-order chi connectivity index (χ1) is 15.2. The number of rotatable bonds is 6. The van der Waals surface area contributed by atoms with E-state index in [9.17, 15) is 4.79 Å². The van der Waals surface area contributed by atoms with E-state index in [4.69, 9.17) is 0 Å². The van der Waals surface area contributed by atoms with Crippen LogP contribution < -0.4 is 5.32 Å². The second-order valence-electron chi connectivity index (χ2n) is 7.01. The molecule has 0 fully saturated rings. The van der Waals surface area contributed by atoms with E-state index in [-0.39, 0.29) is 5.91 Å². The number of nitrogens with one attached hydrogen (secondary N) is 2. The summed E-state index contributed by atoms with van der Waals surface area (Å²) in [6.45, 7) is 2.05. The Hall–Kier alpha value is -3.30. The molecule has 0 radical (unpaired) electrons. The van der Waals surface area contributed by atoms with Gasteiger partial charge in [-0.1, -0.05) is 59.8 Å². The van der Waals surface area contributed by atoms with E-state index in [1.165, 1.54) is 28.7 Å². The number of aromatic nitrogens is 5. The van der Waals surface area contributed by atoms with Crippen LogP contribution in [0.5, 0.6) is 0 Å². The zero-order valence-corrected chi connectivity index (χ0v) is 18.3. The van der Waals surface area contributed by atoms with Crippen LogP contribution in [0.15, 0.2) is 59.1 Å². The number of aromatic amines is 1. The van der Waals surface area contributed by atoms with Gasteiger partial charge in [-0.3, -0.25) is 4.79 Å². The molecule has 0 atom stereocenters. The van der Waals surface area contributed by atoms with Gasteiger partial charge in [0.2, 0.25) is 11.1 Å². The van der Waals surface area contributed by atoms with Crippen LogP contribution in [-0.4, -0.2) is 36.8 Å². The molecule has 5 rings (SSSR count). The molecular weight excluding hydrogens is 428 g/mol. The number of fused-ring (bicyclic) bond motifs is 3. The molecule has 0 aliphatic carbocycles. The minimum absolute atomic E-state index is 0.0862. The van der Waals surface area contributed by atoms with Gasteiger partial charge in [0.1, 0.15) is 5.52 Å². The average Bonchev–Trinajstić information content (AvgIpc) is 3.38. The number of amides is 1. The van der Waals surface area contributed by atoms with Crippen molar-refractivity contribution >= 4 is 56.2 Å². The topological polar surface area (TPSA) is 96.5 Å². The molecule has 2 aromatic carbocycles. The number of nitrogens with zero attached hydrogens (tertiary/aromatic N) is 4. The number of carbonyl (C=O) groups excluding carboxylic acids is 1. The molecule has 0 saturated heterocycles. The van der Waals surface area contributed by atoms with Crippen molar-refractivity contribution in [3.05, 3.63) is 59.5 Å². The Balaban J connectivity index is 1.17. The predicted molar refractivity (Wildman–Crippen MR) is 125 cm³/mol. The lowest BCUT2D eigenvalue weighted by Gasteiger charge is -2.01. The molecule has 0 aliphatic rings. The highest BCUT2D eigenvalue weighted by atomic mass is 32.2. The number of thiazole rings is 1. The molecule has 1 amide bonds. The Bertz CT molecular complexity index is 1380. The van der Waals surface area contributed by atoms with E-state index in [1.54, 1.807) is 0 Å². The SMILES string of the molecule is Cc1ccc(-c2csc(NC(=O)CCSc3nnc4c(n3)[nH]c3ccccc34)n2)cc1. The van der Waals surface area contributed by atoms with E-state index in [0.717, 1.165) is 27.7 Å². The number of hydrogen-bond donors (Lipinski definition) is 2. The second-order valence-corrected chi connectivity index (χ2v) is 8.93. The third kappa shape index (κ3) is 4.28. The number of carbonyl (C=O) groups is 1. The summed E-state index contributed by atoms with van der Waals surface area (Å²) in [5.74, 6) is 0.465. The largest absolute Gasteiger partial charge is 0.338 e. The van der Waals surface area contributed by atoms with Gasteiger partial charge in [-0.05, 0) is 13.0 Å². The Kier molecular flexibility index (Phi) is 5.35.